The van der Waals surface area contributed by atoms with Crippen molar-refractivity contribution in [3.8, 4) is 0 Å². The molecule has 21 heavy (non-hydrogen) atoms. The van der Waals surface area contributed by atoms with Crippen LogP contribution in [0.1, 0.15) is 29.5 Å². The number of fused-ring (bicyclic) bond motifs is 1. The second-order valence-electron chi connectivity index (χ2n) is 5.78. The van der Waals surface area contributed by atoms with Crippen molar-refractivity contribution in [2.24, 2.45) is 0 Å². The van der Waals surface area contributed by atoms with Gasteiger partial charge < -0.3 is 5.32 Å². The van der Waals surface area contributed by atoms with Crippen molar-refractivity contribution in [1.29, 1.82) is 0 Å². The fourth-order valence-corrected chi connectivity index (χ4v) is 3.06. The van der Waals surface area contributed by atoms with Crippen molar-refractivity contribution in [2.45, 2.75) is 24.8 Å². The number of halogens is 1. The molecule has 3 heteroatoms. The Bertz CT molecular complexity index is 655. The number of nitrogens with one attached hydrogen (secondary N) is 1. The third-order valence-electron chi connectivity index (χ3n) is 4.25. The number of carbonyl (C=O) groups is 1. The lowest BCUT2D eigenvalue weighted by Gasteiger charge is -2.35. The van der Waals surface area contributed by atoms with Gasteiger partial charge in [-0.3, -0.25) is 4.79 Å². The van der Waals surface area contributed by atoms with Crippen molar-refractivity contribution >= 4 is 17.5 Å². The first-order valence-electron chi connectivity index (χ1n) is 7.15. The summed E-state index contributed by atoms with van der Waals surface area (Å²) >= 11 is 6.14. The number of carbonyl (C=O) groups excluding carboxylic acids is 1. The van der Waals surface area contributed by atoms with Crippen molar-refractivity contribution in [2.75, 3.05) is 5.88 Å². The summed E-state index contributed by atoms with van der Waals surface area (Å²) in [5.41, 5.74) is 2.90. The number of alkyl halides is 1. The summed E-state index contributed by atoms with van der Waals surface area (Å²) in [5, 5.41) is 3.13. The SMILES string of the molecule is CC(CCl)(NC(=O)C1Cc2ccccc21)c1ccccc1. The Balaban J connectivity index is 1.78. The molecule has 2 nitrogen and oxygen atoms in total. The van der Waals surface area contributed by atoms with E-state index in [0.29, 0.717) is 5.88 Å². The lowest BCUT2D eigenvalue weighted by molar-refractivity contribution is -0.124. The lowest BCUT2D eigenvalue weighted by atomic mass is 9.76. The van der Waals surface area contributed by atoms with Crippen LogP contribution in [-0.4, -0.2) is 11.8 Å². The van der Waals surface area contributed by atoms with Crippen molar-refractivity contribution < 1.29 is 4.79 Å². The molecule has 3 rings (SSSR count). The molecule has 0 bridgehead atoms. The highest BCUT2D eigenvalue weighted by Crippen LogP contribution is 2.36. The van der Waals surface area contributed by atoms with Gasteiger partial charge in [0.25, 0.3) is 0 Å². The third-order valence-corrected chi connectivity index (χ3v) is 4.78. The van der Waals surface area contributed by atoms with Gasteiger partial charge in [0.05, 0.1) is 11.5 Å². The summed E-state index contributed by atoms with van der Waals surface area (Å²) in [7, 11) is 0. The largest absolute Gasteiger partial charge is 0.345 e. The fraction of sp³-hybridized carbons (Fsp3) is 0.278. The number of amides is 1. The molecule has 0 aromatic heterocycles. The Hall–Kier alpha value is -1.80. The number of rotatable bonds is 4. The second-order valence-corrected chi connectivity index (χ2v) is 6.04. The first kappa shape index (κ1) is 14.2. The number of hydrogen-bond donors (Lipinski definition) is 1. The summed E-state index contributed by atoms with van der Waals surface area (Å²) in [6.45, 7) is 1.97. The Morgan fingerprint density at radius 3 is 2.52 bits per heavy atom. The quantitative estimate of drug-likeness (QED) is 0.859. The molecule has 0 aliphatic heterocycles. The van der Waals surface area contributed by atoms with Crippen LogP contribution < -0.4 is 5.32 Å². The molecule has 1 aliphatic rings. The van der Waals surface area contributed by atoms with E-state index in [1.54, 1.807) is 0 Å². The zero-order valence-corrected chi connectivity index (χ0v) is 12.7. The monoisotopic (exact) mass is 299 g/mol. The van der Waals surface area contributed by atoms with E-state index in [9.17, 15) is 4.79 Å². The van der Waals surface area contributed by atoms with Crippen molar-refractivity contribution in [3.63, 3.8) is 0 Å². The van der Waals surface area contributed by atoms with Crippen LogP contribution in [0.3, 0.4) is 0 Å². The van der Waals surface area contributed by atoms with Gasteiger partial charge in [0.2, 0.25) is 5.91 Å². The van der Waals surface area contributed by atoms with E-state index in [1.807, 2.05) is 55.5 Å². The van der Waals surface area contributed by atoms with Gasteiger partial charge in [0.1, 0.15) is 0 Å². The average molecular weight is 300 g/mol. The third kappa shape index (κ3) is 2.56. The molecule has 0 heterocycles. The van der Waals surface area contributed by atoms with E-state index in [4.69, 9.17) is 11.6 Å². The summed E-state index contributed by atoms with van der Waals surface area (Å²) in [6.07, 6.45) is 0.815. The van der Waals surface area contributed by atoms with Crippen LogP contribution in [0, 0.1) is 0 Å². The minimum absolute atomic E-state index is 0.0487. The van der Waals surface area contributed by atoms with E-state index in [1.165, 1.54) is 5.56 Å². The van der Waals surface area contributed by atoms with Gasteiger partial charge in [-0.15, -0.1) is 11.6 Å². The molecule has 2 unspecified atom stereocenters. The predicted molar refractivity (Wildman–Crippen MR) is 85.5 cm³/mol. The van der Waals surface area contributed by atoms with Gasteiger partial charge >= 0.3 is 0 Å². The Kier molecular flexibility index (Phi) is 3.73. The summed E-state index contributed by atoms with van der Waals surface area (Å²) in [5.74, 6) is 0.352. The summed E-state index contributed by atoms with van der Waals surface area (Å²) in [6, 6.07) is 18.0. The highest BCUT2D eigenvalue weighted by atomic mass is 35.5. The topological polar surface area (TPSA) is 29.1 Å². The smallest absolute Gasteiger partial charge is 0.228 e. The molecule has 0 radical (unpaired) electrons. The Morgan fingerprint density at radius 2 is 1.86 bits per heavy atom. The number of benzene rings is 2. The molecule has 2 aromatic rings. The van der Waals surface area contributed by atoms with Crippen LogP contribution in [0.2, 0.25) is 0 Å². The van der Waals surface area contributed by atoms with Gasteiger partial charge in [0, 0.05) is 5.88 Å². The van der Waals surface area contributed by atoms with Crippen LogP contribution in [0.15, 0.2) is 54.6 Å². The highest BCUT2D eigenvalue weighted by Gasteiger charge is 2.36. The number of hydrogen-bond acceptors (Lipinski definition) is 1. The second kappa shape index (κ2) is 5.53. The lowest BCUT2D eigenvalue weighted by Crippen LogP contribution is -2.48. The maximum absolute atomic E-state index is 12.6. The molecule has 1 aliphatic carbocycles. The maximum atomic E-state index is 12.6. The van der Waals surface area contributed by atoms with Crippen molar-refractivity contribution in [1.82, 2.24) is 5.32 Å². The van der Waals surface area contributed by atoms with Gasteiger partial charge in [-0.25, -0.2) is 0 Å². The summed E-state index contributed by atoms with van der Waals surface area (Å²) in [4.78, 5) is 12.6. The predicted octanol–water partition coefficient (Wildman–Crippen LogP) is 3.60. The van der Waals surface area contributed by atoms with Crippen LogP contribution in [0.5, 0.6) is 0 Å². The zero-order valence-electron chi connectivity index (χ0n) is 12.0. The van der Waals surface area contributed by atoms with E-state index >= 15 is 0 Å². The van der Waals surface area contributed by atoms with E-state index in [0.717, 1.165) is 17.5 Å². The first-order valence-corrected chi connectivity index (χ1v) is 7.69. The molecule has 2 aromatic carbocycles. The molecule has 0 spiro atoms. The molecule has 108 valence electrons. The van der Waals surface area contributed by atoms with Gasteiger partial charge in [0.15, 0.2) is 0 Å². The van der Waals surface area contributed by atoms with Crippen molar-refractivity contribution in [3.05, 3.63) is 71.3 Å². The Labute approximate surface area is 130 Å². The van der Waals surface area contributed by atoms with Crippen LogP contribution in [0.25, 0.3) is 0 Å². The molecular formula is C18H18ClNO. The average Bonchev–Trinajstić information content (AvgIpc) is 2.49. The van der Waals surface area contributed by atoms with E-state index in [-0.39, 0.29) is 11.8 Å². The molecular weight excluding hydrogens is 282 g/mol. The van der Waals surface area contributed by atoms with Gasteiger partial charge in [-0.05, 0) is 30.0 Å². The highest BCUT2D eigenvalue weighted by molar-refractivity contribution is 6.18. The Morgan fingerprint density at radius 1 is 1.19 bits per heavy atom. The molecule has 1 amide bonds. The van der Waals surface area contributed by atoms with E-state index in [2.05, 4.69) is 11.4 Å². The van der Waals surface area contributed by atoms with E-state index < -0.39 is 5.54 Å². The molecule has 0 fully saturated rings. The zero-order chi connectivity index (χ0) is 14.9. The fourth-order valence-electron chi connectivity index (χ4n) is 2.84. The normalized spacial score (nSPS) is 19.0. The van der Waals surface area contributed by atoms with Gasteiger partial charge in [-0.2, -0.15) is 0 Å². The maximum Gasteiger partial charge on any atom is 0.228 e. The minimum Gasteiger partial charge on any atom is -0.345 e. The standard InChI is InChI=1S/C18H18ClNO/c1-18(12-19,14-8-3-2-4-9-14)20-17(21)16-11-13-7-5-6-10-15(13)16/h2-10,16H,11-12H2,1H3,(H,20,21). The van der Waals surface area contributed by atoms with Gasteiger partial charge in [-0.1, -0.05) is 54.6 Å². The molecule has 1 N–H and O–H groups in total. The van der Waals surface area contributed by atoms with Crippen LogP contribution >= 0.6 is 11.6 Å². The summed E-state index contributed by atoms with van der Waals surface area (Å²) < 4.78 is 0. The minimum atomic E-state index is -0.537. The van der Waals surface area contributed by atoms with Crippen LogP contribution in [-0.2, 0) is 16.8 Å². The molecule has 2 atom stereocenters. The molecule has 0 saturated carbocycles. The van der Waals surface area contributed by atoms with Crippen LogP contribution in [0.4, 0.5) is 0 Å². The molecule has 0 saturated heterocycles. The first-order chi connectivity index (χ1) is 10.1.